The Labute approximate surface area is 160 Å². The molecule has 28 heavy (non-hydrogen) atoms. The molecule has 0 bridgehead atoms. The molecular weight excluding hydrogens is 364 g/mol. The zero-order valence-electron chi connectivity index (χ0n) is 15.9. The van der Waals surface area contributed by atoms with Crippen molar-refractivity contribution in [2.24, 2.45) is 7.05 Å². The molecule has 1 amide bonds. The molecule has 1 aromatic carbocycles. The number of aromatic nitrogens is 3. The van der Waals surface area contributed by atoms with Crippen LogP contribution in [-0.4, -0.2) is 42.0 Å². The lowest BCUT2D eigenvalue weighted by Crippen LogP contribution is -2.20. The first-order chi connectivity index (χ1) is 13.5. The third-order valence-electron chi connectivity index (χ3n) is 4.16. The SMILES string of the molecule is COc1cc(-c2cc(NC(=O)c3ccn(C)c(=O)c3)n[nH]2)cc(OC)c1OC. The molecule has 9 nitrogen and oxygen atoms in total. The molecule has 2 aromatic heterocycles. The van der Waals surface area contributed by atoms with Gasteiger partial charge in [-0.1, -0.05) is 0 Å². The molecule has 0 aliphatic rings. The van der Waals surface area contributed by atoms with Gasteiger partial charge in [0.1, 0.15) is 0 Å². The van der Waals surface area contributed by atoms with Gasteiger partial charge in [0.05, 0.1) is 27.0 Å². The van der Waals surface area contributed by atoms with E-state index in [4.69, 9.17) is 14.2 Å². The number of carbonyl (C=O) groups is 1. The minimum Gasteiger partial charge on any atom is -0.493 e. The molecule has 0 radical (unpaired) electrons. The summed E-state index contributed by atoms with van der Waals surface area (Å²) < 4.78 is 17.4. The van der Waals surface area contributed by atoms with Crippen molar-refractivity contribution in [2.45, 2.75) is 0 Å². The van der Waals surface area contributed by atoms with Crippen LogP contribution in [0.4, 0.5) is 5.82 Å². The van der Waals surface area contributed by atoms with Gasteiger partial charge in [-0.15, -0.1) is 0 Å². The number of ether oxygens (including phenoxy) is 3. The first-order valence-corrected chi connectivity index (χ1v) is 8.30. The number of rotatable bonds is 6. The van der Waals surface area contributed by atoms with E-state index in [1.165, 1.54) is 38.2 Å². The van der Waals surface area contributed by atoms with Crippen molar-refractivity contribution in [1.82, 2.24) is 14.8 Å². The summed E-state index contributed by atoms with van der Waals surface area (Å²) in [6.07, 6.45) is 1.53. The first-order valence-electron chi connectivity index (χ1n) is 8.30. The van der Waals surface area contributed by atoms with E-state index in [-0.39, 0.29) is 11.1 Å². The molecule has 0 spiro atoms. The topological polar surface area (TPSA) is 107 Å². The predicted molar refractivity (Wildman–Crippen MR) is 103 cm³/mol. The number of nitrogens with zero attached hydrogens (tertiary/aromatic N) is 2. The summed E-state index contributed by atoms with van der Waals surface area (Å²) in [6.45, 7) is 0. The highest BCUT2D eigenvalue weighted by Gasteiger charge is 2.16. The number of methoxy groups -OCH3 is 3. The second-order valence-electron chi connectivity index (χ2n) is 5.90. The summed E-state index contributed by atoms with van der Waals surface area (Å²) in [5.41, 5.74) is 1.35. The maximum Gasteiger partial charge on any atom is 0.257 e. The Hall–Kier alpha value is -3.75. The standard InChI is InChI=1S/C19H20N4O5/c1-23-6-5-11(9-17(23)24)19(25)20-16-10-13(21-22-16)12-7-14(26-2)18(28-4)15(8-12)27-3/h5-10H,1-4H3,(H2,20,21,22,25). The molecule has 3 aromatic rings. The number of anilines is 1. The van der Waals surface area contributed by atoms with Crippen LogP contribution in [0.15, 0.2) is 41.3 Å². The van der Waals surface area contributed by atoms with Gasteiger partial charge in [-0.05, 0) is 18.2 Å². The zero-order chi connectivity index (χ0) is 20.3. The fraction of sp³-hybridized carbons (Fsp3) is 0.211. The molecule has 146 valence electrons. The van der Waals surface area contributed by atoms with Crippen LogP contribution in [0.1, 0.15) is 10.4 Å². The van der Waals surface area contributed by atoms with Crippen LogP contribution in [0, 0.1) is 0 Å². The maximum absolute atomic E-state index is 12.3. The molecule has 3 rings (SSSR count). The Kier molecular flexibility index (Phi) is 5.35. The lowest BCUT2D eigenvalue weighted by atomic mass is 10.1. The monoisotopic (exact) mass is 384 g/mol. The third-order valence-corrected chi connectivity index (χ3v) is 4.16. The van der Waals surface area contributed by atoms with Crippen LogP contribution in [0.2, 0.25) is 0 Å². The van der Waals surface area contributed by atoms with Gasteiger partial charge in [0, 0.05) is 36.5 Å². The average Bonchev–Trinajstić information content (AvgIpc) is 3.17. The molecule has 2 heterocycles. The molecule has 0 saturated carbocycles. The van der Waals surface area contributed by atoms with Crippen LogP contribution in [0.5, 0.6) is 17.2 Å². The molecule has 9 heteroatoms. The molecular formula is C19H20N4O5. The molecule has 0 fully saturated rings. The van der Waals surface area contributed by atoms with Crippen molar-refractivity contribution in [3.05, 3.63) is 52.4 Å². The summed E-state index contributed by atoms with van der Waals surface area (Å²) in [6, 6.07) is 8.02. The lowest BCUT2D eigenvalue weighted by molar-refractivity contribution is 0.102. The van der Waals surface area contributed by atoms with Gasteiger partial charge >= 0.3 is 0 Å². The summed E-state index contributed by atoms with van der Waals surface area (Å²) >= 11 is 0. The number of amides is 1. The average molecular weight is 384 g/mol. The number of benzene rings is 1. The van der Waals surface area contributed by atoms with E-state index in [2.05, 4.69) is 15.5 Å². The Morgan fingerprint density at radius 3 is 2.32 bits per heavy atom. The van der Waals surface area contributed by atoms with E-state index in [9.17, 15) is 9.59 Å². The number of nitrogens with one attached hydrogen (secondary N) is 2. The highest BCUT2D eigenvalue weighted by atomic mass is 16.5. The number of aryl methyl sites for hydroxylation is 1. The summed E-state index contributed by atoms with van der Waals surface area (Å²) in [4.78, 5) is 24.0. The number of hydrogen-bond donors (Lipinski definition) is 2. The second-order valence-corrected chi connectivity index (χ2v) is 5.90. The Bertz CT molecular complexity index is 1050. The van der Waals surface area contributed by atoms with Gasteiger partial charge in [0.25, 0.3) is 11.5 Å². The van der Waals surface area contributed by atoms with Crippen LogP contribution in [0.3, 0.4) is 0 Å². The first kappa shape index (κ1) is 19.0. The number of pyridine rings is 1. The van der Waals surface area contributed by atoms with Crippen molar-refractivity contribution >= 4 is 11.7 Å². The van der Waals surface area contributed by atoms with Gasteiger partial charge in [-0.2, -0.15) is 5.10 Å². The van der Waals surface area contributed by atoms with Crippen molar-refractivity contribution in [3.63, 3.8) is 0 Å². The lowest BCUT2D eigenvalue weighted by Gasteiger charge is -2.13. The van der Waals surface area contributed by atoms with E-state index < -0.39 is 5.91 Å². The minimum atomic E-state index is -0.430. The molecule has 0 aliphatic heterocycles. The Morgan fingerprint density at radius 2 is 1.75 bits per heavy atom. The number of carbonyl (C=O) groups excluding carboxylic acids is 1. The van der Waals surface area contributed by atoms with Gasteiger partial charge in [-0.3, -0.25) is 14.7 Å². The number of H-pyrrole nitrogens is 1. The van der Waals surface area contributed by atoms with Crippen molar-refractivity contribution in [3.8, 4) is 28.5 Å². The molecule has 0 unspecified atom stereocenters. The summed E-state index contributed by atoms with van der Waals surface area (Å²) in [7, 11) is 6.20. The molecule has 2 N–H and O–H groups in total. The highest BCUT2D eigenvalue weighted by molar-refractivity contribution is 6.03. The number of hydrogen-bond acceptors (Lipinski definition) is 6. The fourth-order valence-electron chi connectivity index (χ4n) is 2.65. The van der Waals surface area contributed by atoms with Crippen molar-refractivity contribution in [2.75, 3.05) is 26.6 Å². The summed E-state index contributed by atoms with van der Waals surface area (Å²) in [5, 5.41) is 9.61. The molecule has 0 aliphatic carbocycles. The van der Waals surface area contributed by atoms with E-state index in [1.54, 1.807) is 31.3 Å². The number of aromatic amines is 1. The van der Waals surface area contributed by atoms with Crippen LogP contribution >= 0.6 is 0 Å². The quantitative estimate of drug-likeness (QED) is 0.674. The fourth-order valence-corrected chi connectivity index (χ4v) is 2.65. The van der Waals surface area contributed by atoms with E-state index >= 15 is 0 Å². The van der Waals surface area contributed by atoms with Crippen molar-refractivity contribution < 1.29 is 19.0 Å². The second kappa shape index (κ2) is 7.87. The highest BCUT2D eigenvalue weighted by Crippen LogP contribution is 2.41. The summed E-state index contributed by atoms with van der Waals surface area (Å²) in [5.74, 6) is 1.36. The smallest absolute Gasteiger partial charge is 0.257 e. The van der Waals surface area contributed by atoms with Gasteiger partial charge in [-0.25, -0.2) is 0 Å². The van der Waals surface area contributed by atoms with Crippen LogP contribution in [0.25, 0.3) is 11.3 Å². The normalized spacial score (nSPS) is 10.4. The van der Waals surface area contributed by atoms with E-state index in [0.29, 0.717) is 28.8 Å². The van der Waals surface area contributed by atoms with E-state index in [1.807, 2.05) is 0 Å². The largest absolute Gasteiger partial charge is 0.493 e. The predicted octanol–water partition coefficient (Wildman–Crippen LogP) is 2.05. The Morgan fingerprint density at radius 1 is 1.07 bits per heavy atom. The zero-order valence-corrected chi connectivity index (χ0v) is 15.9. The van der Waals surface area contributed by atoms with Gasteiger partial charge in [0.2, 0.25) is 5.75 Å². The van der Waals surface area contributed by atoms with Crippen LogP contribution in [-0.2, 0) is 7.05 Å². The maximum atomic E-state index is 12.3. The Balaban J connectivity index is 1.87. The molecule has 0 saturated heterocycles. The third kappa shape index (κ3) is 3.68. The van der Waals surface area contributed by atoms with Crippen LogP contribution < -0.4 is 25.1 Å². The van der Waals surface area contributed by atoms with Gasteiger partial charge in [0.15, 0.2) is 17.3 Å². The van der Waals surface area contributed by atoms with E-state index in [0.717, 1.165) is 5.56 Å². The molecule has 0 atom stereocenters. The van der Waals surface area contributed by atoms with Crippen molar-refractivity contribution in [1.29, 1.82) is 0 Å². The van der Waals surface area contributed by atoms with Gasteiger partial charge < -0.3 is 24.1 Å². The minimum absolute atomic E-state index is 0.250.